The molecular formula is C25H21BrN2O4. The first-order valence-electron chi connectivity index (χ1n) is 10.5. The number of carbonyl (C=O) groups is 2. The zero-order valence-electron chi connectivity index (χ0n) is 17.4. The van der Waals surface area contributed by atoms with E-state index in [0.717, 1.165) is 15.7 Å². The monoisotopic (exact) mass is 492 g/mol. The van der Waals surface area contributed by atoms with E-state index in [1.54, 1.807) is 29.3 Å². The van der Waals surface area contributed by atoms with Crippen LogP contribution in [0.4, 0.5) is 11.4 Å². The van der Waals surface area contributed by atoms with E-state index < -0.39 is 18.1 Å². The fourth-order valence-electron chi connectivity index (χ4n) is 4.36. The lowest BCUT2D eigenvalue weighted by molar-refractivity contribution is -0.126. The number of ether oxygens (including phenoxy) is 1. The summed E-state index contributed by atoms with van der Waals surface area (Å²) in [5, 5.41) is 1.70. The summed E-state index contributed by atoms with van der Waals surface area (Å²) in [6.07, 6.45) is -0.891. The van der Waals surface area contributed by atoms with Crippen molar-refractivity contribution < 1.29 is 19.2 Å². The first-order valence-corrected chi connectivity index (χ1v) is 11.2. The Hall–Kier alpha value is -3.16. The molecule has 162 valence electrons. The van der Waals surface area contributed by atoms with Crippen LogP contribution < -0.4 is 14.7 Å². The number of hydroxylamine groups is 1. The highest BCUT2D eigenvalue weighted by Crippen LogP contribution is 2.47. The van der Waals surface area contributed by atoms with Gasteiger partial charge in [-0.05, 0) is 61.0 Å². The number of hydrogen-bond acceptors (Lipinski definition) is 5. The molecule has 7 heteroatoms. The molecule has 0 bridgehead atoms. The van der Waals surface area contributed by atoms with Crippen molar-refractivity contribution in [2.24, 2.45) is 5.92 Å². The highest BCUT2D eigenvalue weighted by Gasteiger charge is 2.60. The number of imide groups is 1. The van der Waals surface area contributed by atoms with Gasteiger partial charge in [0.25, 0.3) is 5.91 Å². The van der Waals surface area contributed by atoms with Crippen molar-refractivity contribution in [2.45, 2.75) is 19.1 Å². The van der Waals surface area contributed by atoms with Crippen LogP contribution in [0.1, 0.15) is 18.5 Å². The highest BCUT2D eigenvalue weighted by atomic mass is 79.9. The number of halogens is 1. The molecule has 5 rings (SSSR count). The van der Waals surface area contributed by atoms with Gasteiger partial charge < -0.3 is 4.74 Å². The molecule has 0 unspecified atom stereocenters. The number of benzene rings is 3. The minimum absolute atomic E-state index is 0.271. The van der Waals surface area contributed by atoms with Gasteiger partial charge >= 0.3 is 0 Å². The molecule has 0 saturated carbocycles. The molecule has 0 radical (unpaired) electrons. The molecule has 2 aliphatic heterocycles. The molecule has 2 saturated heterocycles. The molecule has 3 aromatic rings. The molecule has 2 aliphatic rings. The lowest BCUT2D eigenvalue weighted by Crippen LogP contribution is -2.37. The van der Waals surface area contributed by atoms with Gasteiger partial charge in [0.2, 0.25) is 5.91 Å². The lowest BCUT2D eigenvalue weighted by atomic mass is 9.90. The Morgan fingerprint density at radius 2 is 1.66 bits per heavy atom. The van der Waals surface area contributed by atoms with Gasteiger partial charge in [0.05, 0.1) is 24.0 Å². The van der Waals surface area contributed by atoms with E-state index >= 15 is 0 Å². The third-order valence-electron chi connectivity index (χ3n) is 5.72. The van der Waals surface area contributed by atoms with Gasteiger partial charge in [-0.2, -0.15) is 0 Å². The maximum atomic E-state index is 13.6. The molecule has 2 amide bonds. The van der Waals surface area contributed by atoms with Crippen molar-refractivity contribution in [3.8, 4) is 5.75 Å². The molecule has 0 N–H and O–H groups in total. The second kappa shape index (κ2) is 8.41. The van der Waals surface area contributed by atoms with Gasteiger partial charge in [-0.15, -0.1) is 0 Å². The second-order valence-corrected chi connectivity index (χ2v) is 8.57. The largest absolute Gasteiger partial charge is 0.494 e. The van der Waals surface area contributed by atoms with Gasteiger partial charge in [-0.3, -0.25) is 14.4 Å². The minimum atomic E-state index is -0.891. The van der Waals surface area contributed by atoms with Crippen LogP contribution in [0.5, 0.6) is 5.75 Å². The van der Waals surface area contributed by atoms with Crippen LogP contribution in [0, 0.1) is 5.92 Å². The van der Waals surface area contributed by atoms with Crippen LogP contribution in [-0.4, -0.2) is 24.5 Å². The Kier molecular flexibility index (Phi) is 5.45. The molecule has 2 fully saturated rings. The van der Waals surface area contributed by atoms with Crippen LogP contribution >= 0.6 is 15.9 Å². The summed E-state index contributed by atoms with van der Waals surface area (Å²) in [5.74, 6) is -0.604. The number of anilines is 2. The molecule has 0 aliphatic carbocycles. The molecule has 2 heterocycles. The number of amides is 2. The molecule has 6 nitrogen and oxygen atoms in total. The van der Waals surface area contributed by atoms with Gasteiger partial charge in [-0.25, -0.2) is 9.96 Å². The fourth-order valence-corrected chi connectivity index (χ4v) is 4.77. The number of hydrogen-bond donors (Lipinski definition) is 0. The standard InChI is InChI=1S/C25H21BrN2O4/c1-2-31-20-13-11-18(12-14-20)27-24(29)21-22(16-7-6-8-17(26)15-16)28(32-23(21)25(27)30)19-9-4-3-5-10-19/h3-15,21-23H,2H2,1H3/t21-,22+,23+/m1/s1. The Labute approximate surface area is 194 Å². The Morgan fingerprint density at radius 1 is 0.906 bits per heavy atom. The SMILES string of the molecule is CCOc1ccc(N2C(=O)[C@H]3[C@H](ON(c4ccccc4)[C@H]3c3cccc(Br)c3)C2=O)cc1. The Morgan fingerprint density at radius 3 is 2.34 bits per heavy atom. The first kappa shape index (κ1) is 20.7. The second-order valence-electron chi connectivity index (χ2n) is 7.65. The number of rotatable bonds is 5. The van der Waals surface area contributed by atoms with Crippen molar-refractivity contribution >= 4 is 39.1 Å². The summed E-state index contributed by atoms with van der Waals surface area (Å²) < 4.78 is 6.37. The fraction of sp³-hybridized carbons (Fsp3) is 0.200. The highest BCUT2D eigenvalue weighted by molar-refractivity contribution is 9.10. The van der Waals surface area contributed by atoms with Crippen LogP contribution in [0.15, 0.2) is 83.3 Å². The molecular weight excluding hydrogens is 472 g/mol. The lowest BCUT2D eigenvalue weighted by Gasteiger charge is -2.28. The third-order valence-corrected chi connectivity index (χ3v) is 6.22. The summed E-state index contributed by atoms with van der Waals surface area (Å²) >= 11 is 3.52. The Balaban J connectivity index is 1.54. The van der Waals surface area contributed by atoms with Gasteiger partial charge in [0, 0.05) is 4.47 Å². The number of carbonyl (C=O) groups excluding carboxylic acids is 2. The molecule has 3 aromatic carbocycles. The van der Waals surface area contributed by atoms with Crippen molar-refractivity contribution in [2.75, 3.05) is 16.6 Å². The summed E-state index contributed by atoms with van der Waals surface area (Å²) in [6.45, 7) is 2.45. The summed E-state index contributed by atoms with van der Waals surface area (Å²) in [4.78, 5) is 34.3. The van der Waals surface area contributed by atoms with Crippen molar-refractivity contribution in [1.29, 1.82) is 0 Å². The third kappa shape index (κ3) is 3.47. The van der Waals surface area contributed by atoms with E-state index in [9.17, 15) is 9.59 Å². The number of para-hydroxylation sites is 1. The van der Waals surface area contributed by atoms with E-state index in [1.807, 2.05) is 61.5 Å². The Bertz CT molecular complexity index is 1150. The summed E-state index contributed by atoms with van der Waals surface area (Å²) in [5.41, 5.74) is 2.20. The quantitative estimate of drug-likeness (QED) is 0.474. The minimum Gasteiger partial charge on any atom is -0.494 e. The normalized spacial score (nSPS) is 22.4. The van der Waals surface area contributed by atoms with Crippen molar-refractivity contribution in [3.63, 3.8) is 0 Å². The van der Waals surface area contributed by atoms with Crippen molar-refractivity contribution in [1.82, 2.24) is 0 Å². The predicted molar refractivity (Wildman–Crippen MR) is 124 cm³/mol. The van der Waals surface area contributed by atoms with Gasteiger partial charge in [0.1, 0.15) is 11.7 Å². The molecule has 3 atom stereocenters. The van der Waals surface area contributed by atoms with Crippen LogP contribution in [0.3, 0.4) is 0 Å². The van der Waals surface area contributed by atoms with E-state index in [4.69, 9.17) is 9.57 Å². The average Bonchev–Trinajstić information content (AvgIpc) is 3.31. The average molecular weight is 493 g/mol. The van der Waals surface area contributed by atoms with E-state index in [1.165, 1.54) is 4.90 Å². The van der Waals surface area contributed by atoms with Crippen LogP contribution in [0.25, 0.3) is 0 Å². The zero-order valence-corrected chi connectivity index (χ0v) is 18.9. The predicted octanol–water partition coefficient (Wildman–Crippen LogP) is 4.90. The van der Waals surface area contributed by atoms with E-state index in [2.05, 4.69) is 15.9 Å². The van der Waals surface area contributed by atoms with Gasteiger partial charge in [0.15, 0.2) is 6.10 Å². The maximum absolute atomic E-state index is 13.6. The number of fused-ring (bicyclic) bond motifs is 1. The zero-order chi connectivity index (χ0) is 22.2. The molecule has 32 heavy (non-hydrogen) atoms. The van der Waals surface area contributed by atoms with E-state index in [-0.39, 0.29) is 11.8 Å². The number of nitrogens with zero attached hydrogens (tertiary/aromatic N) is 2. The molecule has 0 aromatic heterocycles. The van der Waals surface area contributed by atoms with Gasteiger partial charge in [-0.1, -0.05) is 46.3 Å². The summed E-state index contributed by atoms with van der Waals surface area (Å²) in [7, 11) is 0. The topological polar surface area (TPSA) is 59.1 Å². The van der Waals surface area contributed by atoms with E-state index in [0.29, 0.717) is 18.0 Å². The van der Waals surface area contributed by atoms with Crippen molar-refractivity contribution in [3.05, 3.63) is 88.9 Å². The first-order chi connectivity index (χ1) is 15.6. The van der Waals surface area contributed by atoms with Crippen LogP contribution in [-0.2, 0) is 14.4 Å². The summed E-state index contributed by atoms with van der Waals surface area (Å²) in [6, 6.07) is 23.8. The van der Waals surface area contributed by atoms with Crippen LogP contribution in [0.2, 0.25) is 0 Å². The molecule has 0 spiro atoms. The smallest absolute Gasteiger partial charge is 0.266 e. The maximum Gasteiger partial charge on any atom is 0.266 e.